The number of ether oxygens (including phenoxy) is 1. The van der Waals surface area contributed by atoms with Gasteiger partial charge in [0.1, 0.15) is 0 Å². The maximum absolute atomic E-state index is 8.63. The Morgan fingerprint density at radius 3 is 3.00 bits per heavy atom. The molecule has 1 aliphatic rings. The van der Waals surface area contributed by atoms with Crippen molar-refractivity contribution < 1.29 is 9.53 Å². The molecule has 0 fully saturated rings. The van der Waals surface area contributed by atoms with Gasteiger partial charge in [0.25, 0.3) is 0 Å². The zero-order chi connectivity index (χ0) is 9.68. The standard InChI is InChI=1S/C9H13N3O/c1-2-5-13-9-6-7(10)3-4-8(9)12-11/h3-4,6,9H,2,5,10H2,1H3. The van der Waals surface area contributed by atoms with E-state index in [0.29, 0.717) is 18.0 Å². The summed E-state index contributed by atoms with van der Waals surface area (Å²) in [5.74, 6) is 0. The third-order valence-electron chi connectivity index (χ3n) is 1.70. The maximum Gasteiger partial charge on any atom is 0.324 e. The largest absolute Gasteiger partial charge is 0.399 e. The predicted octanol–water partition coefficient (Wildman–Crippen LogP) is 0.865. The average Bonchev–Trinajstić information content (AvgIpc) is 2.15. The average molecular weight is 179 g/mol. The van der Waals surface area contributed by atoms with Gasteiger partial charge in [0.05, 0.1) is 0 Å². The van der Waals surface area contributed by atoms with E-state index < -0.39 is 0 Å². The minimum atomic E-state index is -0.310. The molecule has 0 aromatic rings. The number of hydrogen-bond donors (Lipinski definition) is 1. The van der Waals surface area contributed by atoms with Crippen LogP contribution < -0.4 is 5.73 Å². The monoisotopic (exact) mass is 179 g/mol. The van der Waals surface area contributed by atoms with Crippen LogP contribution in [0.1, 0.15) is 13.3 Å². The molecule has 2 N–H and O–H groups in total. The second kappa shape index (κ2) is 4.60. The van der Waals surface area contributed by atoms with Crippen LogP contribution >= 0.6 is 0 Å². The highest BCUT2D eigenvalue weighted by atomic mass is 16.5. The highest BCUT2D eigenvalue weighted by molar-refractivity contribution is 5.97. The van der Waals surface area contributed by atoms with E-state index in [1.54, 1.807) is 18.2 Å². The van der Waals surface area contributed by atoms with Gasteiger partial charge < -0.3 is 16.0 Å². The smallest absolute Gasteiger partial charge is 0.324 e. The van der Waals surface area contributed by atoms with E-state index >= 15 is 0 Å². The van der Waals surface area contributed by atoms with Crippen LogP contribution in [-0.4, -0.2) is 23.2 Å². The maximum atomic E-state index is 8.63. The van der Waals surface area contributed by atoms with E-state index in [1.807, 2.05) is 6.92 Å². The third-order valence-corrected chi connectivity index (χ3v) is 1.70. The van der Waals surface area contributed by atoms with Gasteiger partial charge in [-0.2, -0.15) is 4.79 Å². The van der Waals surface area contributed by atoms with Crippen LogP contribution in [0.25, 0.3) is 5.53 Å². The molecular weight excluding hydrogens is 166 g/mol. The van der Waals surface area contributed by atoms with Crippen molar-refractivity contribution in [2.45, 2.75) is 19.4 Å². The summed E-state index contributed by atoms with van der Waals surface area (Å²) in [6, 6.07) is 0. The van der Waals surface area contributed by atoms with Gasteiger partial charge in [-0.3, -0.25) is 0 Å². The van der Waals surface area contributed by atoms with Crippen LogP contribution in [0.4, 0.5) is 0 Å². The molecule has 0 spiro atoms. The van der Waals surface area contributed by atoms with Crippen LogP contribution in [0.5, 0.6) is 0 Å². The highest BCUT2D eigenvalue weighted by Crippen LogP contribution is 2.07. The Hall–Kier alpha value is -1.38. The van der Waals surface area contributed by atoms with Gasteiger partial charge in [-0.1, -0.05) is 6.92 Å². The molecule has 1 aliphatic carbocycles. The van der Waals surface area contributed by atoms with Crippen molar-refractivity contribution in [3.63, 3.8) is 0 Å². The number of nitrogens with zero attached hydrogens (tertiary/aromatic N) is 2. The van der Waals surface area contributed by atoms with Crippen molar-refractivity contribution >= 4 is 5.71 Å². The van der Waals surface area contributed by atoms with E-state index in [2.05, 4.69) is 4.79 Å². The first-order valence-electron chi connectivity index (χ1n) is 4.27. The first-order valence-corrected chi connectivity index (χ1v) is 4.27. The number of hydrogen-bond acceptors (Lipinski definition) is 2. The van der Waals surface area contributed by atoms with Crippen LogP contribution in [-0.2, 0) is 4.74 Å². The molecule has 70 valence electrons. The summed E-state index contributed by atoms with van der Waals surface area (Å²) < 4.78 is 5.41. The molecule has 0 aromatic heterocycles. The van der Waals surface area contributed by atoms with Crippen molar-refractivity contribution in [3.8, 4) is 0 Å². The Balaban J connectivity index is 2.69. The molecule has 13 heavy (non-hydrogen) atoms. The molecule has 1 unspecified atom stereocenters. The van der Waals surface area contributed by atoms with E-state index in [4.69, 9.17) is 16.0 Å². The van der Waals surface area contributed by atoms with E-state index in [0.717, 1.165) is 6.42 Å². The molecule has 4 nitrogen and oxygen atoms in total. The second-order valence-electron chi connectivity index (χ2n) is 2.82. The quantitative estimate of drug-likeness (QED) is 0.515. The van der Waals surface area contributed by atoms with Crippen molar-refractivity contribution in [2.75, 3.05) is 6.61 Å². The number of nitrogens with two attached hydrogens (primary N) is 1. The Morgan fingerprint density at radius 1 is 1.62 bits per heavy atom. The van der Waals surface area contributed by atoms with Crippen molar-refractivity contribution in [1.82, 2.24) is 0 Å². The summed E-state index contributed by atoms with van der Waals surface area (Å²) in [6.07, 6.45) is 5.67. The van der Waals surface area contributed by atoms with Crippen LogP contribution in [0.15, 0.2) is 23.9 Å². The van der Waals surface area contributed by atoms with Gasteiger partial charge >= 0.3 is 5.71 Å². The summed E-state index contributed by atoms with van der Waals surface area (Å²) in [5, 5.41) is 0. The topological polar surface area (TPSA) is 71.7 Å². The molecule has 0 heterocycles. The fourth-order valence-corrected chi connectivity index (χ4v) is 1.06. The third kappa shape index (κ3) is 2.54. The lowest BCUT2D eigenvalue weighted by molar-refractivity contribution is -0.0225. The highest BCUT2D eigenvalue weighted by Gasteiger charge is 2.22. The molecule has 0 aromatic carbocycles. The van der Waals surface area contributed by atoms with E-state index in [9.17, 15) is 0 Å². The fourth-order valence-electron chi connectivity index (χ4n) is 1.06. The summed E-state index contributed by atoms with van der Waals surface area (Å²) in [4.78, 5) is 3.12. The van der Waals surface area contributed by atoms with Gasteiger partial charge in [-0.15, -0.1) is 0 Å². The minimum Gasteiger partial charge on any atom is -0.399 e. The Bertz CT molecular complexity index is 287. The van der Waals surface area contributed by atoms with Crippen molar-refractivity contribution in [3.05, 3.63) is 29.5 Å². The molecular formula is C9H13N3O. The zero-order valence-electron chi connectivity index (χ0n) is 7.60. The van der Waals surface area contributed by atoms with Gasteiger partial charge in [0.2, 0.25) is 0 Å². The van der Waals surface area contributed by atoms with Gasteiger partial charge in [-0.25, -0.2) is 0 Å². The summed E-state index contributed by atoms with van der Waals surface area (Å²) in [6.45, 7) is 2.64. The molecule has 0 radical (unpaired) electrons. The molecule has 4 heteroatoms. The Kier molecular flexibility index (Phi) is 3.43. The number of allylic oxidation sites excluding steroid dienone is 1. The minimum absolute atomic E-state index is 0.310. The van der Waals surface area contributed by atoms with Crippen molar-refractivity contribution in [1.29, 1.82) is 0 Å². The van der Waals surface area contributed by atoms with E-state index in [1.165, 1.54) is 0 Å². The molecule has 1 rings (SSSR count). The lowest BCUT2D eigenvalue weighted by Crippen LogP contribution is -2.25. The molecule has 0 saturated carbocycles. The van der Waals surface area contributed by atoms with Gasteiger partial charge in [0.15, 0.2) is 6.10 Å². The first-order chi connectivity index (χ1) is 6.27. The molecule has 0 bridgehead atoms. The molecule has 1 atom stereocenters. The number of rotatable bonds is 3. The van der Waals surface area contributed by atoms with Crippen LogP contribution in [0.2, 0.25) is 0 Å². The lowest BCUT2D eigenvalue weighted by Gasteiger charge is -2.11. The predicted molar refractivity (Wildman–Crippen MR) is 50.1 cm³/mol. The Labute approximate surface area is 77.3 Å². The molecule has 0 amide bonds. The molecule has 0 aliphatic heterocycles. The zero-order valence-corrected chi connectivity index (χ0v) is 7.60. The van der Waals surface area contributed by atoms with Crippen LogP contribution in [0, 0.1) is 0 Å². The summed E-state index contributed by atoms with van der Waals surface area (Å²) in [7, 11) is 0. The fraction of sp³-hybridized carbons (Fsp3) is 0.444. The first kappa shape index (κ1) is 9.71. The van der Waals surface area contributed by atoms with Crippen molar-refractivity contribution in [2.24, 2.45) is 5.73 Å². The van der Waals surface area contributed by atoms with Gasteiger partial charge in [0, 0.05) is 18.4 Å². The Morgan fingerprint density at radius 2 is 2.38 bits per heavy atom. The molecule has 0 saturated heterocycles. The van der Waals surface area contributed by atoms with Crippen LogP contribution in [0.3, 0.4) is 0 Å². The van der Waals surface area contributed by atoms with E-state index in [-0.39, 0.29) is 6.10 Å². The van der Waals surface area contributed by atoms with Gasteiger partial charge in [-0.05, 0) is 18.6 Å². The lowest BCUT2D eigenvalue weighted by atomic mass is 10.1. The normalized spacial score (nSPS) is 21.2. The second-order valence-corrected chi connectivity index (χ2v) is 2.82. The SMILES string of the molecule is CCCOC1C=C(N)C=CC1=[N+]=[N-]. The summed E-state index contributed by atoms with van der Waals surface area (Å²) >= 11 is 0. The summed E-state index contributed by atoms with van der Waals surface area (Å²) in [5.41, 5.74) is 15.3.